The van der Waals surface area contributed by atoms with E-state index in [1.807, 2.05) is 121 Å². The third kappa shape index (κ3) is 8.36. The van der Waals surface area contributed by atoms with Crippen LogP contribution in [0.5, 0.6) is 0 Å². The van der Waals surface area contributed by atoms with Gasteiger partial charge >= 0.3 is 0 Å². The summed E-state index contributed by atoms with van der Waals surface area (Å²) in [5.41, 5.74) is 46.4. The molecule has 3 aromatic heterocycles. The van der Waals surface area contributed by atoms with Crippen LogP contribution in [0.1, 0.15) is 35.6 Å². The lowest BCUT2D eigenvalue weighted by Gasteiger charge is -2.13. The maximum Gasteiger partial charge on any atom is 0.241 e. The molecule has 0 aliphatic carbocycles. The second kappa shape index (κ2) is 16.9. The molecular formula is C50H46N12O. The first-order valence-corrected chi connectivity index (χ1v) is 20.6. The highest BCUT2D eigenvalue weighted by Crippen LogP contribution is 2.39. The number of aromatic nitrogens is 4. The molecule has 5 heterocycles. The number of nitrogen functional groups attached to an aromatic ring is 3. The standard InChI is InChI=1S/C50H46N12O/c51-32-11-3-28(4-12-32)45-37-19-21-39(59-37)46(29-5-13-33(52)14-6-29)41-23-25-43(61-41)48(31-9-17-35(18-10-31)58-49(63)36(54)2-1-27-57-50(55)56)44-26-24-42(62-44)47(40-22-20-38(45)60-40)30-7-15-34(53)16-8-30/h3-26,36,59,62H,1-2,27,51-54H2,(H,58,63)(H4,55,56,57)/t36-/m0/s1. The van der Waals surface area contributed by atoms with Crippen LogP contribution in [0.15, 0.2) is 121 Å². The van der Waals surface area contributed by atoms with Gasteiger partial charge in [-0.2, -0.15) is 0 Å². The molecule has 2 aliphatic rings. The van der Waals surface area contributed by atoms with Crippen molar-refractivity contribution in [2.24, 2.45) is 11.5 Å². The molecule has 8 bridgehead atoms. The highest BCUT2D eigenvalue weighted by atomic mass is 16.2. The molecule has 13 heteroatoms. The molecule has 0 saturated heterocycles. The molecule has 0 unspecified atom stereocenters. The Morgan fingerprint density at radius 3 is 1.21 bits per heavy atom. The van der Waals surface area contributed by atoms with Crippen molar-refractivity contribution in [1.82, 2.24) is 25.3 Å². The van der Waals surface area contributed by atoms with Gasteiger partial charge in [0.2, 0.25) is 5.91 Å². The zero-order valence-electron chi connectivity index (χ0n) is 34.2. The Balaban J connectivity index is 1.28. The number of nitrogens with two attached hydrogens (primary N) is 5. The van der Waals surface area contributed by atoms with Gasteiger partial charge in [-0.3, -0.25) is 10.2 Å². The van der Waals surface area contributed by atoms with Crippen LogP contribution >= 0.6 is 0 Å². The molecule has 0 fully saturated rings. The van der Waals surface area contributed by atoms with Crippen LogP contribution in [0.25, 0.3) is 90.9 Å². The summed E-state index contributed by atoms with van der Waals surface area (Å²) in [6, 6.07) is 38.6. The molecule has 4 aromatic carbocycles. The number of hydrogen-bond acceptors (Lipinski definition) is 8. The molecular weight excluding hydrogens is 785 g/mol. The number of aromatic amines is 2. The molecule has 1 amide bonds. The van der Waals surface area contributed by atoms with E-state index in [0.717, 1.165) is 89.4 Å². The van der Waals surface area contributed by atoms with E-state index in [9.17, 15) is 4.79 Å². The highest BCUT2D eigenvalue weighted by molar-refractivity contribution is 6.00. The Morgan fingerprint density at radius 1 is 0.540 bits per heavy atom. The van der Waals surface area contributed by atoms with E-state index in [0.29, 0.717) is 42.1 Å². The topological polar surface area (TPSA) is 252 Å². The van der Waals surface area contributed by atoms with Gasteiger partial charge in [0, 0.05) is 73.6 Å². The van der Waals surface area contributed by atoms with Crippen molar-refractivity contribution in [3.05, 3.63) is 144 Å². The normalized spacial score (nSPS) is 12.3. The highest BCUT2D eigenvalue weighted by Gasteiger charge is 2.20. The van der Waals surface area contributed by atoms with Crippen LogP contribution in [-0.2, 0) is 4.79 Å². The lowest BCUT2D eigenvalue weighted by Crippen LogP contribution is -2.37. The predicted octanol–water partition coefficient (Wildman–Crippen LogP) is 8.60. The Morgan fingerprint density at radius 2 is 0.873 bits per heavy atom. The van der Waals surface area contributed by atoms with E-state index in [4.69, 9.17) is 44.0 Å². The van der Waals surface area contributed by atoms with Gasteiger partial charge in [-0.25, -0.2) is 9.97 Å². The van der Waals surface area contributed by atoms with Crippen molar-refractivity contribution in [3.8, 4) is 44.5 Å². The summed E-state index contributed by atoms with van der Waals surface area (Å²) >= 11 is 0. The van der Waals surface area contributed by atoms with Crippen molar-refractivity contribution in [2.45, 2.75) is 18.9 Å². The third-order valence-corrected chi connectivity index (χ3v) is 11.1. The first-order valence-electron chi connectivity index (χ1n) is 20.6. The lowest BCUT2D eigenvalue weighted by atomic mass is 10.0. The van der Waals surface area contributed by atoms with E-state index in [2.05, 4.69) is 44.9 Å². The lowest BCUT2D eigenvalue weighted by molar-refractivity contribution is -0.117. The summed E-state index contributed by atoms with van der Waals surface area (Å²) in [7, 11) is 0. The molecule has 312 valence electrons. The molecule has 9 rings (SSSR count). The zero-order valence-corrected chi connectivity index (χ0v) is 34.2. The molecule has 1 atom stereocenters. The summed E-state index contributed by atoms with van der Waals surface area (Å²) < 4.78 is 0. The van der Waals surface area contributed by atoms with Crippen LogP contribution in [0.3, 0.4) is 0 Å². The number of rotatable bonds is 10. The number of amides is 1. The molecule has 0 spiro atoms. The summed E-state index contributed by atoms with van der Waals surface area (Å²) in [6.45, 7) is 0.459. The number of guanidine groups is 1. The van der Waals surface area contributed by atoms with Crippen LogP contribution in [0.2, 0.25) is 0 Å². The van der Waals surface area contributed by atoms with Crippen molar-refractivity contribution < 1.29 is 4.79 Å². The Labute approximate surface area is 363 Å². The molecule has 13 nitrogen and oxygen atoms in total. The van der Waals surface area contributed by atoms with E-state index < -0.39 is 6.04 Å². The minimum absolute atomic E-state index is 0.117. The summed E-state index contributed by atoms with van der Waals surface area (Å²) in [5, 5.41) is 13.0. The number of fused-ring (bicyclic) bond motifs is 8. The first-order chi connectivity index (χ1) is 30.6. The fourth-order valence-electron chi connectivity index (χ4n) is 8.00. The van der Waals surface area contributed by atoms with Gasteiger partial charge in [0.05, 0.1) is 28.8 Å². The molecule has 7 aromatic rings. The van der Waals surface area contributed by atoms with Gasteiger partial charge in [0.25, 0.3) is 0 Å². The molecule has 0 saturated carbocycles. The number of hydrogen-bond donors (Lipinski definition) is 10. The summed E-state index contributed by atoms with van der Waals surface area (Å²) in [5.74, 6) is -0.417. The molecule has 63 heavy (non-hydrogen) atoms. The van der Waals surface area contributed by atoms with Gasteiger partial charge in [-0.15, -0.1) is 0 Å². The third-order valence-electron chi connectivity index (χ3n) is 11.1. The van der Waals surface area contributed by atoms with Crippen LogP contribution < -0.4 is 39.3 Å². The van der Waals surface area contributed by atoms with E-state index >= 15 is 0 Å². The number of anilines is 4. The SMILES string of the molecule is N=C(N)NCCC[C@H](N)C(=O)Nc1ccc(-c2c3nc(c(-c4ccc(N)cc4)c4ccc([nH]4)c(-c4ccc(N)cc4)c4nc(c(-c5ccc(N)cc5)c5ccc2[nH]5)C=C4)C=C3)cc1. The molecule has 0 radical (unpaired) electrons. The maximum absolute atomic E-state index is 13.1. The maximum atomic E-state index is 13.1. The van der Waals surface area contributed by atoms with Crippen LogP contribution in [0, 0.1) is 5.41 Å². The van der Waals surface area contributed by atoms with Crippen molar-refractivity contribution in [2.75, 3.05) is 29.1 Å². The Kier molecular flexibility index (Phi) is 10.7. The van der Waals surface area contributed by atoms with Crippen molar-refractivity contribution >= 4 is 81.0 Å². The molecule has 15 N–H and O–H groups in total. The smallest absolute Gasteiger partial charge is 0.241 e. The number of benzene rings is 4. The minimum Gasteiger partial charge on any atom is -0.399 e. The van der Waals surface area contributed by atoms with Crippen LogP contribution in [0.4, 0.5) is 22.7 Å². The number of nitrogens with zero attached hydrogens (tertiary/aromatic N) is 2. The zero-order chi connectivity index (χ0) is 43.6. The number of carbonyl (C=O) groups is 1. The monoisotopic (exact) mass is 830 g/mol. The van der Waals surface area contributed by atoms with E-state index in [-0.39, 0.29) is 11.9 Å². The van der Waals surface area contributed by atoms with Gasteiger partial charge in [-0.1, -0.05) is 48.5 Å². The van der Waals surface area contributed by atoms with Gasteiger partial charge in [0.1, 0.15) is 0 Å². The second-order valence-electron chi connectivity index (χ2n) is 15.5. The average Bonchev–Trinajstić information content (AvgIpc) is 4.13. The second-order valence-corrected chi connectivity index (χ2v) is 15.5. The number of H-pyrrole nitrogens is 2. The van der Waals surface area contributed by atoms with Crippen molar-refractivity contribution in [1.29, 1.82) is 5.41 Å². The molecule has 2 aliphatic heterocycles. The van der Waals surface area contributed by atoms with Crippen LogP contribution in [-0.4, -0.2) is 44.4 Å². The van der Waals surface area contributed by atoms with Gasteiger partial charge in [0.15, 0.2) is 5.96 Å². The summed E-state index contributed by atoms with van der Waals surface area (Å²) in [4.78, 5) is 31.3. The number of nitrogens with one attached hydrogen (secondary N) is 5. The van der Waals surface area contributed by atoms with Gasteiger partial charge < -0.3 is 49.3 Å². The average molecular weight is 831 g/mol. The largest absolute Gasteiger partial charge is 0.399 e. The van der Waals surface area contributed by atoms with E-state index in [1.165, 1.54) is 0 Å². The fourth-order valence-corrected chi connectivity index (χ4v) is 8.00. The van der Waals surface area contributed by atoms with E-state index in [1.54, 1.807) is 0 Å². The Bertz CT molecular complexity index is 3060. The minimum atomic E-state index is -0.728. The predicted molar refractivity (Wildman–Crippen MR) is 260 cm³/mol. The summed E-state index contributed by atoms with van der Waals surface area (Å²) in [6.07, 6.45) is 9.18. The quantitative estimate of drug-likeness (QED) is 0.0274. The fraction of sp³-hybridized carbons (Fsp3) is 0.0800. The first kappa shape index (κ1) is 40.0. The Hall–Kier alpha value is -8.42. The number of carbonyl (C=O) groups excluding carboxylic acids is 1. The van der Waals surface area contributed by atoms with Crippen molar-refractivity contribution in [3.63, 3.8) is 0 Å². The van der Waals surface area contributed by atoms with Gasteiger partial charge in [-0.05, 0) is 132 Å².